The molecule has 0 saturated carbocycles. The van der Waals surface area contributed by atoms with Crippen LogP contribution in [-0.4, -0.2) is 56.1 Å². The van der Waals surface area contributed by atoms with E-state index in [-0.39, 0.29) is 5.82 Å². The Kier molecular flexibility index (Phi) is 5.01. The van der Waals surface area contributed by atoms with E-state index in [1.165, 1.54) is 11.0 Å². The molecule has 2 amide bonds. The average molecular weight is 385 g/mol. The Balaban J connectivity index is 1.35. The molecule has 0 spiro atoms. The summed E-state index contributed by atoms with van der Waals surface area (Å²) in [5, 5.41) is 2.60. The van der Waals surface area contributed by atoms with E-state index in [0.717, 1.165) is 0 Å². The van der Waals surface area contributed by atoms with Gasteiger partial charge >= 0.3 is 11.8 Å². The summed E-state index contributed by atoms with van der Waals surface area (Å²) in [5.41, 5.74) is 0.975. The Hall–Kier alpha value is -3.29. The van der Waals surface area contributed by atoms with Gasteiger partial charge in [0.25, 0.3) is 0 Å². The second-order valence-corrected chi connectivity index (χ2v) is 6.54. The molecule has 2 aliphatic rings. The van der Waals surface area contributed by atoms with Gasteiger partial charge in [-0.2, -0.15) is 0 Å². The molecule has 2 heterocycles. The number of halogens is 1. The molecule has 2 aromatic carbocycles. The highest BCUT2D eigenvalue weighted by Crippen LogP contribution is 2.32. The summed E-state index contributed by atoms with van der Waals surface area (Å²) in [6.45, 7) is 2.54. The Morgan fingerprint density at radius 2 is 1.64 bits per heavy atom. The highest BCUT2D eigenvalue weighted by molar-refractivity contribution is 6.39. The summed E-state index contributed by atoms with van der Waals surface area (Å²) < 4.78 is 24.8. The van der Waals surface area contributed by atoms with Crippen LogP contribution in [0.4, 0.5) is 15.8 Å². The number of amides is 2. The molecular weight excluding hydrogens is 365 g/mol. The van der Waals surface area contributed by atoms with Crippen molar-refractivity contribution >= 4 is 23.2 Å². The quantitative estimate of drug-likeness (QED) is 0.800. The third-order valence-corrected chi connectivity index (χ3v) is 4.75. The number of carbonyl (C=O) groups is 2. The van der Waals surface area contributed by atoms with Gasteiger partial charge in [0.15, 0.2) is 11.5 Å². The van der Waals surface area contributed by atoms with Crippen LogP contribution in [0.2, 0.25) is 0 Å². The lowest BCUT2D eigenvalue weighted by Gasteiger charge is -2.35. The molecule has 0 unspecified atom stereocenters. The summed E-state index contributed by atoms with van der Waals surface area (Å²) in [5.74, 6) is -0.465. The van der Waals surface area contributed by atoms with Gasteiger partial charge in [-0.1, -0.05) is 12.1 Å². The molecule has 1 N–H and O–H groups in total. The van der Waals surface area contributed by atoms with E-state index >= 15 is 0 Å². The van der Waals surface area contributed by atoms with E-state index in [0.29, 0.717) is 62.3 Å². The maximum absolute atomic E-state index is 13.9. The number of fused-ring (bicyclic) bond motifs is 1. The van der Waals surface area contributed by atoms with Crippen molar-refractivity contribution in [3.63, 3.8) is 0 Å². The Labute approximate surface area is 161 Å². The maximum Gasteiger partial charge on any atom is 0.313 e. The molecule has 1 fully saturated rings. The molecule has 0 bridgehead atoms. The van der Waals surface area contributed by atoms with Crippen molar-refractivity contribution in [2.24, 2.45) is 0 Å². The van der Waals surface area contributed by atoms with Crippen molar-refractivity contribution in [1.82, 2.24) is 4.90 Å². The number of piperazine rings is 1. The molecule has 1 saturated heterocycles. The number of hydrogen-bond acceptors (Lipinski definition) is 5. The highest BCUT2D eigenvalue weighted by Gasteiger charge is 2.27. The summed E-state index contributed by atoms with van der Waals surface area (Å²) in [6.07, 6.45) is 0. The summed E-state index contributed by atoms with van der Waals surface area (Å²) in [4.78, 5) is 28.2. The van der Waals surface area contributed by atoms with Crippen LogP contribution >= 0.6 is 0 Å². The van der Waals surface area contributed by atoms with Crippen molar-refractivity contribution in [1.29, 1.82) is 0 Å². The molecular formula is C20H20FN3O4. The van der Waals surface area contributed by atoms with Crippen LogP contribution in [0.15, 0.2) is 42.5 Å². The zero-order valence-corrected chi connectivity index (χ0v) is 15.2. The zero-order valence-electron chi connectivity index (χ0n) is 15.2. The third-order valence-electron chi connectivity index (χ3n) is 4.75. The van der Waals surface area contributed by atoms with E-state index in [1.807, 2.05) is 4.90 Å². The molecule has 0 aliphatic carbocycles. The van der Waals surface area contributed by atoms with Crippen molar-refractivity contribution in [3.05, 3.63) is 48.3 Å². The minimum Gasteiger partial charge on any atom is -0.486 e. The predicted molar refractivity (Wildman–Crippen MR) is 101 cm³/mol. The molecule has 146 valence electrons. The van der Waals surface area contributed by atoms with Crippen LogP contribution in [0.3, 0.4) is 0 Å². The molecule has 0 aromatic heterocycles. The van der Waals surface area contributed by atoms with Crippen molar-refractivity contribution in [3.8, 4) is 11.5 Å². The van der Waals surface area contributed by atoms with E-state index in [4.69, 9.17) is 9.47 Å². The molecule has 7 nitrogen and oxygen atoms in total. The number of ether oxygens (including phenoxy) is 2. The number of nitrogens with zero attached hydrogens (tertiary/aromatic N) is 2. The molecule has 4 rings (SSSR count). The van der Waals surface area contributed by atoms with Gasteiger partial charge in [0.1, 0.15) is 19.0 Å². The lowest BCUT2D eigenvalue weighted by atomic mass is 10.2. The SMILES string of the molecule is O=C(Nc1ccc2c(c1)OCCO2)C(=O)N1CCN(c2ccccc2F)CC1. The van der Waals surface area contributed by atoms with E-state index < -0.39 is 11.8 Å². The van der Waals surface area contributed by atoms with E-state index in [2.05, 4.69) is 5.32 Å². The fourth-order valence-corrected chi connectivity index (χ4v) is 3.31. The lowest BCUT2D eigenvalue weighted by molar-refractivity contribution is -0.143. The van der Waals surface area contributed by atoms with Gasteiger partial charge < -0.3 is 24.6 Å². The van der Waals surface area contributed by atoms with Crippen LogP contribution in [0.5, 0.6) is 11.5 Å². The first kappa shape index (κ1) is 18.1. The number of para-hydroxylation sites is 1. The fourth-order valence-electron chi connectivity index (χ4n) is 3.31. The van der Waals surface area contributed by atoms with E-state index in [9.17, 15) is 14.0 Å². The first-order valence-corrected chi connectivity index (χ1v) is 9.11. The van der Waals surface area contributed by atoms with Crippen LogP contribution in [0.1, 0.15) is 0 Å². The minimum atomic E-state index is -0.712. The standard InChI is InChI=1S/C20H20FN3O4/c21-15-3-1-2-4-16(15)23-7-9-24(10-8-23)20(26)19(25)22-14-5-6-17-18(13-14)28-12-11-27-17/h1-6,13H,7-12H2,(H,22,25). The number of rotatable bonds is 2. The van der Waals surface area contributed by atoms with E-state index in [1.54, 1.807) is 36.4 Å². The Morgan fingerprint density at radius 1 is 0.929 bits per heavy atom. The largest absolute Gasteiger partial charge is 0.486 e. The van der Waals surface area contributed by atoms with Crippen molar-refractivity contribution in [2.45, 2.75) is 0 Å². The van der Waals surface area contributed by atoms with Gasteiger partial charge in [0, 0.05) is 37.9 Å². The second-order valence-electron chi connectivity index (χ2n) is 6.54. The van der Waals surface area contributed by atoms with Gasteiger partial charge in [-0.05, 0) is 24.3 Å². The van der Waals surface area contributed by atoms with Crippen molar-refractivity contribution < 1.29 is 23.5 Å². The maximum atomic E-state index is 13.9. The number of anilines is 2. The molecule has 0 atom stereocenters. The Morgan fingerprint density at radius 3 is 2.39 bits per heavy atom. The third kappa shape index (κ3) is 3.71. The summed E-state index contributed by atoms with van der Waals surface area (Å²) in [6, 6.07) is 11.5. The second kappa shape index (κ2) is 7.75. The van der Waals surface area contributed by atoms with Gasteiger partial charge in [-0.15, -0.1) is 0 Å². The molecule has 28 heavy (non-hydrogen) atoms. The highest BCUT2D eigenvalue weighted by atomic mass is 19.1. The van der Waals surface area contributed by atoms with Crippen LogP contribution in [0.25, 0.3) is 0 Å². The smallest absolute Gasteiger partial charge is 0.313 e. The zero-order chi connectivity index (χ0) is 19.5. The fraction of sp³-hybridized carbons (Fsp3) is 0.300. The number of hydrogen-bond donors (Lipinski definition) is 1. The predicted octanol–water partition coefficient (Wildman–Crippen LogP) is 1.88. The van der Waals surface area contributed by atoms with Crippen molar-refractivity contribution in [2.75, 3.05) is 49.6 Å². The molecule has 8 heteroatoms. The number of nitrogens with one attached hydrogen (secondary N) is 1. The normalized spacial score (nSPS) is 15.9. The average Bonchev–Trinajstić information content (AvgIpc) is 2.73. The Bertz CT molecular complexity index is 897. The molecule has 0 radical (unpaired) electrons. The number of benzene rings is 2. The van der Waals surface area contributed by atoms with Gasteiger partial charge in [-0.3, -0.25) is 9.59 Å². The number of carbonyl (C=O) groups excluding carboxylic acids is 2. The first-order chi connectivity index (χ1) is 13.6. The van der Waals surface area contributed by atoms with Crippen LogP contribution in [-0.2, 0) is 9.59 Å². The lowest BCUT2D eigenvalue weighted by Crippen LogP contribution is -2.51. The molecule has 2 aromatic rings. The monoisotopic (exact) mass is 385 g/mol. The van der Waals surface area contributed by atoms with Gasteiger partial charge in [0.05, 0.1) is 5.69 Å². The summed E-state index contributed by atoms with van der Waals surface area (Å²) >= 11 is 0. The van der Waals surface area contributed by atoms with Gasteiger partial charge in [-0.25, -0.2) is 4.39 Å². The van der Waals surface area contributed by atoms with Crippen LogP contribution in [0, 0.1) is 5.82 Å². The van der Waals surface area contributed by atoms with Crippen LogP contribution < -0.4 is 19.7 Å². The first-order valence-electron chi connectivity index (χ1n) is 9.11. The topological polar surface area (TPSA) is 71.1 Å². The van der Waals surface area contributed by atoms with Gasteiger partial charge in [0.2, 0.25) is 0 Å². The minimum absolute atomic E-state index is 0.293. The summed E-state index contributed by atoms with van der Waals surface area (Å²) in [7, 11) is 0. The molecule has 2 aliphatic heterocycles.